The van der Waals surface area contributed by atoms with Crippen LogP contribution >= 0.6 is 15.9 Å². The molecule has 0 aromatic carbocycles. The lowest BCUT2D eigenvalue weighted by Gasteiger charge is -2.13. The van der Waals surface area contributed by atoms with Crippen LogP contribution in [0.3, 0.4) is 0 Å². The Kier molecular flexibility index (Phi) is 6.58. The topological polar surface area (TPSA) is 9.23 Å². The molecule has 0 spiro atoms. The van der Waals surface area contributed by atoms with E-state index in [4.69, 9.17) is 4.74 Å². The van der Waals surface area contributed by atoms with Crippen LogP contribution in [0.2, 0.25) is 0 Å². The Hall–Kier alpha value is 0.180. The molecule has 1 aliphatic rings. The SMILES string of the molecule is CCCCC(/C=C(\Br)C1CCCO1)CC. The van der Waals surface area contributed by atoms with Gasteiger partial charge in [-0.15, -0.1) is 0 Å². The number of hydrogen-bond donors (Lipinski definition) is 0. The maximum atomic E-state index is 5.65. The van der Waals surface area contributed by atoms with E-state index < -0.39 is 0 Å². The molecule has 0 aliphatic carbocycles. The average molecular weight is 275 g/mol. The van der Waals surface area contributed by atoms with Gasteiger partial charge in [-0.1, -0.05) is 48.7 Å². The van der Waals surface area contributed by atoms with Crippen molar-refractivity contribution in [2.75, 3.05) is 6.61 Å². The van der Waals surface area contributed by atoms with E-state index in [9.17, 15) is 0 Å². The lowest BCUT2D eigenvalue weighted by molar-refractivity contribution is 0.143. The Labute approximate surface area is 102 Å². The van der Waals surface area contributed by atoms with Gasteiger partial charge in [0.25, 0.3) is 0 Å². The minimum Gasteiger partial charge on any atom is -0.373 e. The molecule has 1 fully saturated rings. The molecule has 0 aromatic rings. The third kappa shape index (κ3) is 4.69. The van der Waals surface area contributed by atoms with Gasteiger partial charge in [0.1, 0.15) is 0 Å². The number of ether oxygens (including phenoxy) is 1. The molecule has 1 nitrogen and oxygen atoms in total. The number of halogens is 1. The Bertz CT molecular complexity index is 195. The van der Waals surface area contributed by atoms with Gasteiger partial charge in [-0.05, 0) is 31.6 Å². The Morgan fingerprint density at radius 2 is 2.33 bits per heavy atom. The van der Waals surface area contributed by atoms with E-state index in [2.05, 4.69) is 35.9 Å². The van der Waals surface area contributed by atoms with Crippen LogP contribution in [0, 0.1) is 5.92 Å². The van der Waals surface area contributed by atoms with Crippen LogP contribution < -0.4 is 0 Å². The molecule has 1 heterocycles. The molecule has 1 rings (SSSR count). The summed E-state index contributed by atoms with van der Waals surface area (Å²) in [5.41, 5.74) is 0. The molecule has 0 N–H and O–H groups in total. The molecule has 0 aromatic heterocycles. The number of unbranched alkanes of at least 4 members (excludes halogenated alkanes) is 1. The zero-order chi connectivity index (χ0) is 11.1. The summed E-state index contributed by atoms with van der Waals surface area (Å²) in [5, 5.41) is 0. The highest BCUT2D eigenvalue weighted by molar-refractivity contribution is 9.11. The minimum atomic E-state index is 0.348. The van der Waals surface area contributed by atoms with Crippen LogP contribution in [-0.2, 0) is 4.74 Å². The molecule has 0 amide bonds. The van der Waals surface area contributed by atoms with Crippen molar-refractivity contribution in [3.05, 3.63) is 10.6 Å². The Balaban J connectivity index is 2.41. The zero-order valence-corrected chi connectivity index (χ0v) is 11.6. The zero-order valence-electron chi connectivity index (χ0n) is 9.97. The third-order valence-electron chi connectivity index (χ3n) is 3.09. The van der Waals surface area contributed by atoms with Crippen LogP contribution in [0.25, 0.3) is 0 Å². The number of rotatable bonds is 6. The highest BCUT2D eigenvalue weighted by atomic mass is 79.9. The lowest BCUT2D eigenvalue weighted by Crippen LogP contribution is -2.06. The first-order valence-electron chi connectivity index (χ1n) is 6.26. The van der Waals surface area contributed by atoms with Crippen molar-refractivity contribution in [1.29, 1.82) is 0 Å². The van der Waals surface area contributed by atoms with Crippen molar-refractivity contribution < 1.29 is 4.74 Å². The second-order valence-electron chi connectivity index (χ2n) is 4.36. The summed E-state index contributed by atoms with van der Waals surface area (Å²) in [7, 11) is 0. The summed E-state index contributed by atoms with van der Waals surface area (Å²) in [6, 6.07) is 0. The molecule has 1 aliphatic heterocycles. The fourth-order valence-electron chi connectivity index (χ4n) is 2.00. The first-order chi connectivity index (χ1) is 7.27. The summed E-state index contributed by atoms with van der Waals surface area (Å²) in [4.78, 5) is 0. The number of allylic oxidation sites excluding steroid dienone is 1. The fraction of sp³-hybridized carbons (Fsp3) is 0.846. The Morgan fingerprint density at radius 3 is 2.87 bits per heavy atom. The van der Waals surface area contributed by atoms with Crippen molar-refractivity contribution in [2.24, 2.45) is 5.92 Å². The van der Waals surface area contributed by atoms with E-state index in [1.165, 1.54) is 43.0 Å². The van der Waals surface area contributed by atoms with Crippen molar-refractivity contribution in [3.8, 4) is 0 Å². The molecule has 15 heavy (non-hydrogen) atoms. The first kappa shape index (κ1) is 13.2. The largest absolute Gasteiger partial charge is 0.373 e. The molecule has 88 valence electrons. The van der Waals surface area contributed by atoms with Crippen molar-refractivity contribution in [2.45, 2.75) is 58.5 Å². The number of hydrogen-bond acceptors (Lipinski definition) is 1. The van der Waals surface area contributed by atoms with Gasteiger partial charge >= 0.3 is 0 Å². The van der Waals surface area contributed by atoms with Crippen LogP contribution in [0.5, 0.6) is 0 Å². The van der Waals surface area contributed by atoms with Crippen LogP contribution in [-0.4, -0.2) is 12.7 Å². The van der Waals surface area contributed by atoms with Crippen molar-refractivity contribution >= 4 is 15.9 Å². The minimum absolute atomic E-state index is 0.348. The highest BCUT2D eigenvalue weighted by Gasteiger charge is 2.19. The quantitative estimate of drug-likeness (QED) is 0.685. The highest BCUT2D eigenvalue weighted by Crippen LogP contribution is 2.27. The summed E-state index contributed by atoms with van der Waals surface area (Å²) in [6.45, 7) is 5.46. The van der Waals surface area contributed by atoms with E-state index in [1.807, 2.05) is 0 Å². The van der Waals surface area contributed by atoms with Gasteiger partial charge in [-0.2, -0.15) is 0 Å². The van der Waals surface area contributed by atoms with Crippen molar-refractivity contribution in [1.82, 2.24) is 0 Å². The molecule has 0 radical (unpaired) electrons. The maximum absolute atomic E-state index is 5.65. The van der Waals surface area contributed by atoms with Crippen LogP contribution in [0.4, 0.5) is 0 Å². The average Bonchev–Trinajstić information content (AvgIpc) is 2.77. The second-order valence-corrected chi connectivity index (χ2v) is 5.28. The molecule has 2 atom stereocenters. The fourth-order valence-corrected chi connectivity index (χ4v) is 2.73. The van der Waals surface area contributed by atoms with Gasteiger partial charge in [0, 0.05) is 11.1 Å². The van der Waals surface area contributed by atoms with E-state index >= 15 is 0 Å². The molecule has 2 heteroatoms. The van der Waals surface area contributed by atoms with Crippen LogP contribution in [0.1, 0.15) is 52.4 Å². The maximum Gasteiger partial charge on any atom is 0.0887 e. The standard InChI is InChI=1S/C13H23BrO/c1-3-5-7-11(4-2)10-12(14)13-8-6-9-15-13/h10-11,13H,3-9H2,1-2H3/b12-10-. The smallest absolute Gasteiger partial charge is 0.0887 e. The first-order valence-corrected chi connectivity index (χ1v) is 7.06. The lowest BCUT2D eigenvalue weighted by atomic mass is 9.98. The van der Waals surface area contributed by atoms with Gasteiger partial charge in [0.2, 0.25) is 0 Å². The summed E-state index contributed by atoms with van der Waals surface area (Å²) < 4.78 is 6.93. The second kappa shape index (κ2) is 7.45. The summed E-state index contributed by atoms with van der Waals surface area (Å²) >= 11 is 3.67. The van der Waals surface area contributed by atoms with Gasteiger partial charge in [-0.25, -0.2) is 0 Å². The van der Waals surface area contributed by atoms with Crippen molar-refractivity contribution in [3.63, 3.8) is 0 Å². The predicted molar refractivity (Wildman–Crippen MR) is 69.3 cm³/mol. The molecule has 0 saturated carbocycles. The molecular formula is C13H23BrO. The molecular weight excluding hydrogens is 252 g/mol. The predicted octanol–water partition coefficient (Wildman–Crippen LogP) is 4.66. The normalized spacial score (nSPS) is 24.5. The molecule has 2 unspecified atom stereocenters. The summed E-state index contributed by atoms with van der Waals surface area (Å²) in [5.74, 6) is 0.725. The van der Waals surface area contributed by atoms with E-state index in [1.54, 1.807) is 0 Å². The Morgan fingerprint density at radius 1 is 1.53 bits per heavy atom. The monoisotopic (exact) mass is 274 g/mol. The summed E-state index contributed by atoms with van der Waals surface area (Å²) in [6.07, 6.45) is 10.3. The van der Waals surface area contributed by atoms with Gasteiger partial charge in [0.15, 0.2) is 0 Å². The van der Waals surface area contributed by atoms with Crippen LogP contribution in [0.15, 0.2) is 10.6 Å². The van der Waals surface area contributed by atoms with Gasteiger partial charge < -0.3 is 4.74 Å². The molecule has 0 bridgehead atoms. The molecule has 1 saturated heterocycles. The third-order valence-corrected chi connectivity index (χ3v) is 3.86. The van der Waals surface area contributed by atoms with E-state index in [0.717, 1.165) is 12.5 Å². The van der Waals surface area contributed by atoms with Gasteiger partial charge in [-0.3, -0.25) is 0 Å². The van der Waals surface area contributed by atoms with E-state index in [-0.39, 0.29) is 0 Å². The van der Waals surface area contributed by atoms with E-state index in [0.29, 0.717) is 6.10 Å². The van der Waals surface area contributed by atoms with Gasteiger partial charge in [0.05, 0.1) is 6.10 Å².